The van der Waals surface area contributed by atoms with E-state index in [9.17, 15) is 10.1 Å². The summed E-state index contributed by atoms with van der Waals surface area (Å²) >= 11 is 5.69. The van der Waals surface area contributed by atoms with Gasteiger partial charge in [-0.2, -0.15) is 0 Å². The highest BCUT2D eigenvalue weighted by atomic mass is 32.1. The number of nitro groups is 1. The van der Waals surface area contributed by atoms with Crippen LogP contribution in [0.5, 0.6) is 0 Å². The molecule has 1 aliphatic heterocycles. The topological polar surface area (TPSA) is 97.3 Å². The van der Waals surface area contributed by atoms with Crippen molar-refractivity contribution in [1.29, 1.82) is 0 Å². The van der Waals surface area contributed by atoms with Crippen LogP contribution in [0, 0.1) is 10.1 Å². The van der Waals surface area contributed by atoms with Crippen molar-refractivity contribution in [2.45, 2.75) is 18.6 Å². The number of nitrogens with zero attached hydrogens (tertiary/aromatic N) is 4. The van der Waals surface area contributed by atoms with Crippen LogP contribution in [0.25, 0.3) is 11.3 Å². The predicted molar refractivity (Wildman–Crippen MR) is 126 cm³/mol. The van der Waals surface area contributed by atoms with E-state index in [2.05, 4.69) is 20.2 Å². The molecule has 8 nitrogen and oxygen atoms in total. The Labute approximate surface area is 195 Å². The Balaban J connectivity index is 1.53. The fourth-order valence-electron chi connectivity index (χ4n) is 4.01. The largest absolute Gasteiger partial charge is 0.459 e. The van der Waals surface area contributed by atoms with Crippen LogP contribution in [0.1, 0.15) is 29.1 Å². The van der Waals surface area contributed by atoms with E-state index in [0.717, 1.165) is 11.3 Å². The van der Waals surface area contributed by atoms with E-state index >= 15 is 0 Å². The Morgan fingerprint density at radius 2 is 2.00 bits per heavy atom. The fourth-order valence-corrected chi connectivity index (χ4v) is 4.32. The summed E-state index contributed by atoms with van der Waals surface area (Å²) in [6, 6.07) is 19.3. The standard InChI is InChI=1S/C24H19N5O3S/c30-29(31)18-7-3-6-17(13-18)20-9-10-21(32-20)23-22(19-8-1-2-12-26-19)27-24(33)28(23)15-16-5-4-11-25-14-16/h1-14,22-23H,15H2,(H,27,33)/t22-,23+/m1/s1. The number of nitro benzene ring substituents is 1. The first-order valence-electron chi connectivity index (χ1n) is 10.3. The average Bonchev–Trinajstić information content (AvgIpc) is 3.45. The number of thiocarbonyl (C=S) groups is 1. The molecule has 0 spiro atoms. The quantitative estimate of drug-likeness (QED) is 0.250. The molecule has 0 amide bonds. The second-order valence-corrected chi connectivity index (χ2v) is 8.01. The number of furan rings is 1. The van der Waals surface area contributed by atoms with Gasteiger partial charge in [0.1, 0.15) is 17.6 Å². The highest BCUT2D eigenvalue weighted by Crippen LogP contribution is 2.41. The Hall–Kier alpha value is -4.11. The molecule has 2 atom stereocenters. The van der Waals surface area contributed by atoms with Crippen LogP contribution < -0.4 is 5.32 Å². The molecule has 5 rings (SSSR count). The molecule has 0 radical (unpaired) electrons. The first-order valence-corrected chi connectivity index (χ1v) is 10.7. The van der Waals surface area contributed by atoms with Gasteiger partial charge in [0, 0.05) is 42.8 Å². The first-order chi connectivity index (χ1) is 16.1. The van der Waals surface area contributed by atoms with Gasteiger partial charge < -0.3 is 14.6 Å². The summed E-state index contributed by atoms with van der Waals surface area (Å²) in [4.78, 5) is 21.6. The molecule has 4 aromatic rings. The van der Waals surface area contributed by atoms with E-state index in [1.165, 1.54) is 12.1 Å². The Kier molecular flexibility index (Phi) is 5.54. The highest BCUT2D eigenvalue weighted by molar-refractivity contribution is 7.80. The molecule has 33 heavy (non-hydrogen) atoms. The number of hydrogen-bond donors (Lipinski definition) is 1. The molecule has 1 aromatic carbocycles. The van der Waals surface area contributed by atoms with Crippen molar-refractivity contribution in [1.82, 2.24) is 20.2 Å². The van der Waals surface area contributed by atoms with Gasteiger partial charge in [0.05, 0.1) is 16.7 Å². The maximum Gasteiger partial charge on any atom is 0.270 e. The van der Waals surface area contributed by atoms with E-state index < -0.39 is 4.92 Å². The average molecular weight is 458 g/mol. The van der Waals surface area contributed by atoms with E-state index in [0.29, 0.717) is 28.7 Å². The van der Waals surface area contributed by atoms with Crippen molar-refractivity contribution in [3.05, 3.63) is 112 Å². The predicted octanol–water partition coefficient (Wildman–Crippen LogP) is 4.82. The second-order valence-electron chi connectivity index (χ2n) is 7.63. The van der Waals surface area contributed by atoms with Gasteiger partial charge in [-0.1, -0.05) is 24.3 Å². The lowest BCUT2D eigenvalue weighted by Gasteiger charge is -2.26. The lowest BCUT2D eigenvalue weighted by atomic mass is 10.0. The Morgan fingerprint density at radius 1 is 1.09 bits per heavy atom. The summed E-state index contributed by atoms with van der Waals surface area (Å²) in [5.74, 6) is 1.23. The van der Waals surface area contributed by atoms with Crippen molar-refractivity contribution in [3.63, 3.8) is 0 Å². The number of benzene rings is 1. The number of pyridine rings is 2. The van der Waals surface area contributed by atoms with Gasteiger partial charge in [0.25, 0.3) is 5.69 Å². The normalized spacial score (nSPS) is 17.7. The van der Waals surface area contributed by atoms with Crippen LogP contribution in [0.2, 0.25) is 0 Å². The highest BCUT2D eigenvalue weighted by Gasteiger charge is 2.41. The van der Waals surface area contributed by atoms with Crippen molar-refractivity contribution >= 4 is 23.0 Å². The first kappa shape index (κ1) is 20.8. The summed E-state index contributed by atoms with van der Waals surface area (Å²) in [7, 11) is 0. The molecule has 0 aliphatic carbocycles. The third kappa shape index (κ3) is 4.18. The third-order valence-corrected chi connectivity index (χ3v) is 5.89. The van der Waals surface area contributed by atoms with E-state index in [-0.39, 0.29) is 17.8 Å². The molecule has 9 heteroatoms. The molecule has 3 aromatic heterocycles. The molecule has 1 saturated heterocycles. The summed E-state index contributed by atoms with van der Waals surface area (Å²) in [6.07, 6.45) is 5.29. The van der Waals surface area contributed by atoms with Crippen LogP contribution >= 0.6 is 12.2 Å². The minimum atomic E-state index is -0.417. The Morgan fingerprint density at radius 3 is 2.76 bits per heavy atom. The molecule has 1 aliphatic rings. The number of rotatable bonds is 6. The van der Waals surface area contributed by atoms with Crippen LogP contribution in [0.3, 0.4) is 0 Å². The maximum atomic E-state index is 11.2. The molecule has 0 saturated carbocycles. The zero-order chi connectivity index (χ0) is 22.8. The summed E-state index contributed by atoms with van der Waals surface area (Å²) < 4.78 is 6.25. The lowest BCUT2D eigenvalue weighted by Crippen LogP contribution is -2.29. The molecule has 1 N–H and O–H groups in total. The van der Waals surface area contributed by atoms with Crippen molar-refractivity contribution < 1.29 is 9.34 Å². The molecule has 164 valence electrons. The van der Waals surface area contributed by atoms with Gasteiger partial charge in [-0.25, -0.2) is 0 Å². The van der Waals surface area contributed by atoms with E-state index in [1.807, 2.05) is 48.7 Å². The van der Waals surface area contributed by atoms with Crippen LogP contribution in [-0.2, 0) is 6.54 Å². The second kappa shape index (κ2) is 8.79. The third-order valence-electron chi connectivity index (χ3n) is 5.53. The summed E-state index contributed by atoms with van der Waals surface area (Å²) in [5, 5.41) is 15.2. The van der Waals surface area contributed by atoms with Crippen LogP contribution in [-0.4, -0.2) is 24.9 Å². The SMILES string of the molecule is O=[N+]([O-])c1cccc(-c2ccc([C@H]3[C@@H](c4ccccn4)NC(=S)N3Cc3cccnc3)o2)c1. The van der Waals surface area contributed by atoms with Gasteiger partial charge in [0.2, 0.25) is 0 Å². The minimum absolute atomic E-state index is 0.0127. The summed E-state index contributed by atoms with van der Waals surface area (Å²) in [6.45, 7) is 0.542. The molecular formula is C24H19N5O3S. The number of non-ortho nitro benzene ring substituents is 1. The van der Waals surface area contributed by atoms with Crippen LogP contribution in [0.15, 0.2) is 89.7 Å². The van der Waals surface area contributed by atoms with Gasteiger partial charge in [0.15, 0.2) is 5.11 Å². The van der Waals surface area contributed by atoms with E-state index in [1.54, 1.807) is 24.5 Å². The molecule has 0 bridgehead atoms. The minimum Gasteiger partial charge on any atom is -0.459 e. The van der Waals surface area contributed by atoms with Crippen molar-refractivity contribution in [2.24, 2.45) is 0 Å². The van der Waals surface area contributed by atoms with Gasteiger partial charge in [-0.15, -0.1) is 0 Å². The van der Waals surface area contributed by atoms with E-state index in [4.69, 9.17) is 16.6 Å². The summed E-state index contributed by atoms with van der Waals surface area (Å²) in [5.41, 5.74) is 2.50. The lowest BCUT2D eigenvalue weighted by molar-refractivity contribution is -0.384. The monoisotopic (exact) mass is 457 g/mol. The van der Waals surface area contributed by atoms with Gasteiger partial charge >= 0.3 is 0 Å². The number of hydrogen-bond acceptors (Lipinski definition) is 6. The molecule has 0 unspecified atom stereocenters. The van der Waals surface area contributed by atoms with Crippen molar-refractivity contribution in [2.75, 3.05) is 0 Å². The molecule has 4 heterocycles. The van der Waals surface area contributed by atoms with Crippen molar-refractivity contribution in [3.8, 4) is 11.3 Å². The van der Waals surface area contributed by atoms with Crippen LogP contribution in [0.4, 0.5) is 5.69 Å². The number of nitrogens with one attached hydrogen (secondary N) is 1. The smallest absolute Gasteiger partial charge is 0.270 e. The molecular weight excluding hydrogens is 438 g/mol. The van der Waals surface area contributed by atoms with Gasteiger partial charge in [-0.3, -0.25) is 20.1 Å². The maximum absolute atomic E-state index is 11.2. The Bertz CT molecular complexity index is 1300. The van der Waals surface area contributed by atoms with Gasteiger partial charge in [-0.05, 0) is 48.1 Å². The zero-order valence-electron chi connectivity index (χ0n) is 17.4. The fraction of sp³-hybridized carbons (Fsp3) is 0.125. The number of aromatic nitrogens is 2. The zero-order valence-corrected chi connectivity index (χ0v) is 18.2. The molecule has 1 fully saturated rings.